The SMILES string of the molecule is CC1CCCC(Nc2ccc(S(C)(=O)=O)cc2)C1C. The lowest BCUT2D eigenvalue weighted by Crippen LogP contribution is -2.34. The second-order valence-corrected chi connectivity index (χ2v) is 7.83. The Morgan fingerprint density at radius 2 is 1.74 bits per heavy atom. The van der Waals surface area contributed by atoms with Crippen LogP contribution in [0.5, 0.6) is 0 Å². The Bertz CT molecular complexity index is 522. The third-order valence-electron chi connectivity index (χ3n) is 4.34. The number of hydrogen-bond donors (Lipinski definition) is 1. The predicted octanol–water partition coefficient (Wildman–Crippen LogP) is 3.33. The number of hydrogen-bond acceptors (Lipinski definition) is 3. The highest BCUT2D eigenvalue weighted by atomic mass is 32.2. The van der Waals surface area contributed by atoms with E-state index in [1.165, 1.54) is 25.5 Å². The molecule has 19 heavy (non-hydrogen) atoms. The number of sulfone groups is 1. The average molecular weight is 281 g/mol. The molecule has 0 spiro atoms. The van der Waals surface area contributed by atoms with Crippen LogP contribution >= 0.6 is 0 Å². The highest BCUT2D eigenvalue weighted by Crippen LogP contribution is 2.31. The van der Waals surface area contributed by atoms with E-state index in [0.29, 0.717) is 16.9 Å². The van der Waals surface area contributed by atoms with Crippen LogP contribution in [0.4, 0.5) is 5.69 Å². The zero-order valence-electron chi connectivity index (χ0n) is 11.9. The predicted molar refractivity (Wildman–Crippen MR) is 79.1 cm³/mol. The van der Waals surface area contributed by atoms with Crippen LogP contribution in [0, 0.1) is 11.8 Å². The summed E-state index contributed by atoms with van der Waals surface area (Å²) in [5, 5.41) is 3.54. The van der Waals surface area contributed by atoms with Crippen molar-refractivity contribution >= 4 is 15.5 Å². The molecule has 1 aromatic carbocycles. The van der Waals surface area contributed by atoms with Gasteiger partial charge in [-0.1, -0.05) is 26.7 Å². The third-order valence-corrected chi connectivity index (χ3v) is 5.47. The van der Waals surface area contributed by atoms with Gasteiger partial charge in [-0.05, 0) is 42.5 Å². The van der Waals surface area contributed by atoms with Crippen LogP contribution in [0.25, 0.3) is 0 Å². The molecular weight excluding hydrogens is 258 g/mol. The van der Waals surface area contributed by atoms with Crippen molar-refractivity contribution in [1.29, 1.82) is 0 Å². The van der Waals surface area contributed by atoms with Gasteiger partial charge in [-0.15, -0.1) is 0 Å². The molecule has 3 nitrogen and oxygen atoms in total. The Hall–Kier alpha value is -1.03. The highest BCUT2D eigenvalue weighted by Gasteiger charge is 2.26. The first-order valence-corrected chi connectivity index (χ1v) is 8.84. The van der Waals surface area contributed by atoms with Crippen molar-refractivity contribution in [1.82, 2.24) is 0 Å². The maximum Gasteiger partial charge on any atom is 0.175 e. The molecule has 1 N–H and O–H groups in total. The van der Waals surface area contributed by atoms with E-state index in [2.05, 4.69) is 19.2 Å². The summed E-state index contributed by atoms with van der Waals surface area (Å²) in [5.41, 5.74) is 1.01. The van der Waals surface area contributed by atoms with Crippen molar-refractivity contribution in [3.8, 4) is 0 Å². The number of benzene rings is 1. The molecule has 0 aliphatic heterocycles. The van der Waals surface area contributed by atoms with E-state index < -0.39 is 9.84 Å². The van der Waals surface area contributed by atoms with Crippen LogP contribution in [-0.2, 0) is 9.84 Å². The molecule has 0 radical (unpaired) electrons. The van der Waals surface area contributed by atoms with E-state index in [-0.39, 0.29) is 0 Å². The second-order valence-electron chi connectivity index (χ2n) is 5.81. The minimum Gasteiger partial charge on any atom is -0.382 e. The normalized spacial score (nSPS) is 28.1. The van der Waals surface area contributed by atoms with Gasteiger partial charge in [-0.25, -0.2) is 8.42 Å². The quantitative estimate of drug-likeness (QED) is 0.924. The summed E-state index contributed by atoms with van der Waals surface area (Å²) in [6.07, 6.45) is 5.01. The first-order valence-electron chi connectivity index (χ1n) is 6.94. The Balaban J connectivity index is 2.07. The third kappa shape index (κ3) is 3.50. The summed E-state index contributed by atoms with van der Waals surface area (Å²) in [6.45, 7) is 4.61. The van der Waals surface area contributed by atoms with Gasteiger partial charge in [0, 0.05) is 18.0 Å². The molecule has 4 heteroatoms. The molecule has 1 fully saturated rings. The van der Waals surface area contributed by atoms with E-state index in [0.717, 1.165) is 11.6 Å². The smallest absolute Gasteiger partial charge is 0.175 e. The lowest BCUT2D eigenvalue weighted by atomic mass is 9.78. The molecule has 3 unspecified atom stereocenters. The van der Waals surface area contributed by atoms with Gasteiger partial charge in [-0.2, -0.15) is 0 Å². The van der Waals surface area contributed by atoms with Gasteiger partial charge in [0.25, 0.3) is 0 Å². The summed E-state index contributed by atoms with van der Waals surface area (Å²) in [4.78, 5) is 0.378. The minimum atomic E-state index is -3.10. The fraction of sp³-hybridized carbons (Fsp3) is 0.600. The first-order chi connectivity index (χ1) is 8.88. The molecule has 0 bridgehead atoms. The summed E-state index contributed by atoms with van der Waals surface area (Å²) >= 11 is 0. The molecule has 106 valence electrons. The lowest BCUT2D eigenvalue weighted by molar-refractivity contribution is 0.253. The molecule has 1 saturated carbocycles. The largest absolute Gasteiger partial charge is 0.382 e. The lowest BCUT2D eigenvalue weighted by Gasteiger charge is -2.35. The van der Waals surface area contributed by atoms with Gasteiger partial charge in [0.1, 0.15) is 0 Å². The van der Waals surface area contributed by atoms with Gasteiger partial charge < -0.3 is 5.32 Å². The molecule has 0 aromatic heterocycles. The number of anilines is 1. The van der Waals surface area contributed by atoms with Gasteiger partial charge in [0.05, 0.1) is 4.90 Å². The van der Waals surface area contributed by atoms with Gasteiger partial charge in [0.15, 0.2) is 9.84 Å². The maximum absolute atomic E-state index is 11.4. The zero-order chi connectivity index (χ0) is 14.0. The molecule has 0 saturated heterocycles. The fourth-order valence-electron chi connectivity index (χ4n) is 2.80. The summed E-state index contributed by atoms with van der Waals surface area (Å²) < 4.78 is 22.8. The number of nitrogens with one attached hydrogen (secondary N) is 1. The van der Waals surface area contributed by atoms with E-state index in [4.69, 9.17) is 0 Å². The molecule has 1 aliphatic rings. The Kier molecular flexibility index (Phi) is 4.19. The molecular formula is C15H23NO2S. The van der Waals surface area contributed by atoms with Crippen LogP contribution in [0.1, 0.15) is 33.1 Å². The van der Waals surface area contributed by atoms with Crippen LogP contribution in [0.3, 0.4) is 0 Å². The summed E-state index contributed by atoms with van der Waals surface area (Å²) in [6, 6.07) is 7.57. The second kappa shape index (κ2) is 5.53. The van der Waals surface area contributed by atoms with Crippen molar-refractivity contribution < 1.29 is 8.42 Å². The van der Waals surface area contributed by atoms with Crippen molar-refractivity contribution in [3.63, 3.8) is 0 Å². The van der Waals surface area contributed by atoms with E-state index in [1.807, 2.05) is 12.1 Å². The number of rotatable bonds is 3. The standard InChI is InChI=1S/C15H23NO2S/c1-11-5-4-6-15(12(11)2)16-13-7-9-14(10-8-13)19(3,17)18/h7-12,15-16H,4-6H2,1-3H3. The van der Waals surface area contributed by atoms with E-state index in [1.54, 1.807) is 12.1 Å². The van der Waals surface area contributed by atoms with Crippen LogP contribution in [-0.4, -0.2) is 20.7 Å². The maximum atomic E-state index is 11.4. The topological polar surface area (TPSA) is 46.2 Å². The van der Waals surface area contributed by atoms with Gasteiger partial charge in [-0.3, -0.25) is 0 Å². The van der Waals surface area contributed by atoms with Crippen LogP contribution in [0.15, 0.2) is 29.2 Å². The first kappa shape index (κ1) is 14.4. The molecule has 0 heterocycles. The summed E-state index contributed by atoms with van der Waals surface area (Å²) in [5.74, 6) is 1.41. The van der Waals surface area contributed by atoms with Crippen molar-refractivity contribution in [2.24, 2.45) is 11.8 Å². The molecule has 1 aliphatic carbocycles. The van der Waals surface area contributed by atoms with E-state index in [9.17, 15) is 8.42 Å². The zero-order valence-corrected chi connectivity index (χ0v) is 12.7. The Morgan fingerprint density at radius 1 is 1.11 bits per heavy atom. The monoisotopic (exact) mass is 281 g/mol. The van der Waals surface area contributed by atoms with Crippen LogP contribution in [0.2, 0.25) is 0 Å². The Labute approximate surface area is 116 Å². The fourth-order valence-corrected chi connectivity index (χ4v) is 3.43. The molecule has 1 aromatic rings. The van der Waals surface area contributed by atoms with Gasteiger partial charge in [0.2, 0.25) is 0 Å². The molecule has 2 rings (SSSR count). The van der Waals surface area contributed by atoms with Crippen molar-refractivity contribution in [2.75, 3.05) is 11.6 Å². The highest BCUT2D eigenvalue weighted by molar-refractivity contribution is 7.90. The average Bonchev–Trinajstić information content (AvgIpc) is 2.35. The summed E-state index contributed by atoms with van der Waals surface area (Å²) in [7, 11) is -3.10. The van der Waals surface area contributed by atoms with Gasteiger partial charge >= 0.3 is 0 Å². The minimum absolute atomic E-state index is 0.378. The van der Waals surface area contributed by atoms with E-state index >= 15 is 0 Å². The van der Waals surface area contributed by atoms with Crippen LogP contribution < -0.4 is 5.32 Å². The molecule has 0 amide bonds. The molecule has 3 atom stereocenters. The Morgan fingerprint density at radius 3 is 2.32 bits per heavy atom. The van der Waals surface area contributed by atoms with Crippen molar-refractivity contribution in [3.05, 3.63) is 24.3 Å². The van der Waals surface area contributed by atoms with Crippen molar-refractivity contribution in [2.45, 2.75) is 44.0 Å².